The third kappa shape index (κ3) is 3.85. The lowest BCUT2D eigenvalue weighted by molar-refractivity contribution is -0.130. The number of rotatable bonds is 3. The molecule has 0 radical (unpaired) electrons. The van der Waals surface area contributed by atoms with E-state index in [1.54, 1.807) is 0 Å². The molecule has 27 heavy (non-hydrogen) atoms. The Balaban J connectivity index is 1.59. The van der Waals surface area contributed by atoms with Gasteiger partial charge in [0, 0.05) is 36.0 Å². The Labute approximate surface area is 161 Å². The van der Waals surface area contributed by atoms with Gasteiger partial charge < -0.3 is 4.90 Å². The highest BCUT2D eigenvalue weighted by Gasteiger charge is 2.23. The molecule has 1 saturated carbocycles. The largest absolute Gasteiger partial charge is 0.342 e. The van der Waals surface area contributed by atoms with Crippen molar-refractivity contribution in [1.29, 1.82) is 0 Å². The van der Waals surface area contributed by atoms with Crippen molar-refractivity contribution in [2.45, 2.75) is 84.0 Å². The van der Waals surface area contributed by atoms with Gasteiger partial charge in [0.2, 0.25) is 5.91 Å². The zero-order valence-electron chi connectivity index (χ0n) is 16.7. The first-order chi connectivity index (χ1) is 13.1. The van der Waals surface area contributed by atoms with Crippen LogP contribution < -0.4 is 0 Å². The molecular weight excluding hydrogens is 338 g/mol. The molecule has 1 aliphatic carbocycles. The molecule has 2 aromatic heterocycles. The standard InChI is InChI=1S/C21H31N5O/c1-15-18(14-19(27)25-12-8-3-4-9-13-25)16(2)26-21(22-15)23-20(24-26)17-10-6-5-7-11-17/h17H,3-14H2,1-2H3. The topological polar surface area (TPSA) is 63.4 Å². The van der Waals surface area contributed by atoms with Gasteiger partial charge in [-0.2, -0.15) is 4.98 Å². The molecule has 4 rings (SSSR count). The van der Waals surface area contributed by atoms with E-state index in [2.05, 4.69) is 4.98 Å². The first-order valence-corrected chi connectivity index (χ1v) is 10.6. The summed E-state index contributed by atoms with van der Waals surface area (Å²) in [7, 11) is 0. The van der Waals surface area contributed by atoms with Crippen molar-refractivity contribution in [3.63, 3.8) is 0 Å². The summed E-state index contributed by atoms with van der Waals surface area (Å²) >= 11 is 0. The van der Waals surface area contributed by atoms with Crippen LogP contribution in [0.5, 0.6) is 0 Å². The minimum atomic E-state index is 0.219. The summed E-state index contributed by atoms with van der Waals surface area (Å²) < 4.78 is 1.86. The van der Waals surface area contributed by atoms with E-state index in [-0.39, 0.29) is 5.91 Å². The van der Waals surface area contributed by atoms with E-state index >= 15 is 0 Å². The number of likely N-dealkylation sites (tertiary alicyclic amines) is 1. The number of carbonyl (C=O) groups excluding carboxylic acids is 1. The highest BCUT2D eigenvalue weighted by molar-refractivity contribution is 5.79. The van der Waals surface area contributed by atoms with Crippen LogP contribution >= 0.6 is 0 Å². The van der Waals surface area contributed by atoms with Crippen molar-refractivity contribution >= 4 is 11.7 Å². The average Bonchev–Trinajstić information content (AvgIpc) is 2.92. The third-order valence-corrected chi connectivity index (χ3v) is 6.32. The lowest BCUT2D eigenvalue weighted by atomic mass is 9.89. The number of hydrogen-bond donors (Lipinski definition) is 0. The second-order valence-corrected chi connectivity index (χ2v) is 8.25. The van der Waals surface area contributed by atoms with Gasteiger partial charge in [-0.15, -0.1) is 5.10 Å². The third-order valence-electron chi connectivity index (χ3n) is 6.32. The quantitative estimate of drug-likeness (QED) is 0.827. The number of aryl methyl sites for hydroxylation is 2. The van der Waals surface area contributed by atoms with Gasteiger partial charge in [0.15, 0.2) is 5.82 Å². The number of carbonyl (C=O) groups is 1. The van der Waals surface area contributed by atoms with E-state index in [0.717, 1.165) is 48.7 Å². The van der Waals surface area contributed by atoms with Gasteiger partial charge in [-0.05, 0) is 39.5 Å². The maximum atomic E-state index is 12.9. The zero-order chi connectivity index (χ0) is 18.8. The van der Waals surface area contributed by atoms with Crippen LogP contribution in [0.4, 0.5) is 0 Å². The Morgan fingerprint density at radius 2 is 1.63 bits per heavy atom. The molecule has 0 unspecified atom stereocenters. The van der Waals surface area contributed by atoms with Crippen molar-refractivity contribution < 1.29 is 4.79 Å². The van der Waals surface area contributed by atoms with Crippen molar-refractivity contribution in [3.8, 4) is 0 Å². The molecule has 2 aromatic rings. The van der Waals surface area contributed by atoms with Gasteiger partial charge in [-0.3, -0.25) is 4.79 Å². The number of amides is 1. The SMILES string of the molecule is Cc1nc2nc(C3CCCCC3)nn2c(C)c1CC(=O)N1CCCCCC1. The van der Waals surface area contributed by atoms with E-state index in [0.29, 0.717) is 18.1 Å². The van der Waals surface area contributed by atoms with Crippen LogP contribution in [0.1, 0.15) is 86.5 Å². The van der Waals surface area contributed by atoms with Crippen LogP contribution in [0.2, 0.25) is 0 Å². The minimum absolute atomic E-state index is 0.219. The van der Waals surface area contributed by atoms with E-state index in [1.165, 1.54) is 44.9 Å². The number of aromatic nitrogens is 4. The van der Waals surface area contributed by atoms with Gasteiger partial charge in [0.05, 0.1) is 6.42 Å². The maximum Gasteiger partial charge on any atom is 0.252 e. The molecule has 0 aromatic carbocycles. The highest BCUT2D eigenvalue weighted by atomic mass is 16.2. The van der Waals surface area contributed by atoms with Crippen molar-refractivity contribution in [1.82, 2.24) is 24.5 Å². The predicted molar refractivity (Wildman–Crippen MR) is 105 cm³/mol. The molecule has 1 saturated heterocycles. The average molecular weight is 370 g/mol. The number of nitrogens with zero attached hydrogens (tertiary/aromatic N) is 5. The summed E-state index contributed by atoms with van der Waals surface area (Å²) in [5.41, 5.74) is 2.93. The highest BCUT2D eigenvalue weighted by Crippen LogP contribution is 2.31. The molecule has 0 atom stereocenters. The predicted octanol–water partition coefficient (Wildman–Crippen LogP) is 3.73. The maximum absolute atomic E-state index is 12.9. The summed E-state index contributed by atoms with van der Waals surface area (Å²) in [6, 6.07) is 0. The Morgan fingerprint density at radius 3 is 2.33 bits per heavy atom. The van der Waals surface area contributed by atoms with Crippen LogP contribution in [0.25, 0.3) is 5.78 Å². The molecule has 0 spiro atoms. The second-order valence-electron chi connectivity index (χ2n) is 8.25. The van der Waals surface area contributed by atoms with Crippen LogP contribution in [0.3, 0.4) is 0 Å². The first-order valence-electron chi connectivity index (χ1n) is 10.6. The van der Waals surface area contributed by atoms with Crippen molar-refractivity contribution in [3.05, 3.63) is 22.8 Å². The van der Waals surface area contributed by atoms with Crippen LogP contribution in [-0.2, 0) is 11.2 Å². The Kier molecular flexibility index (Phi) is 5.41. The first kappa shape index (κ1) is 18.4. The molecule has 3 heterocycles. The molecule has 6 heteroatoms. The van der Waals surface area contributed by atoms with Crippen molar-refractivity contribution in [2.24, 2.45) is 0 Å². The normalized spacial score (nSPS) is 19.4. The summed E-state index contributed by atoms with van der Waals surface area (Å²) in [5.74, 6) is 2.29. The molecule has 0 N–H and O–H groups in total. The smallest absolute Gasteiger partial charge is 0.252 e. The number of fused-ring (bicyclic) bond motifs is 1. The van der Waals surface area contributed by atoms with Gasteiger partial charge in [-0.25, -0.2) is 9.50 Å². The van der Waals surface area contributed by atoms with Crippen molar-refractivity contribution in [2.75, 3.05) is 13.1 Å². The van der Waals surface area contributed by atoms with Gasteiger partial charge in [-0.1, -0.05) is 32.1 Å². The lowest BCUT2D eigenvalue weighted by Gasteiger charge is -2.21. The van der Waals surface area contributed by atoms with Gasteiger partial charge in [0.25, 0.3) is 5.78 Å². The van der Waals surface area contributed by atoms with Crippen LogP contribution in [0, 0.1) is 13.8 Å². The summed E-state index contributed by atoms with van der Waals surface area (Å²) in [6.45, 7) is 5.82. The molecule has 146 valence electrons. The Morgan fingerprint density at radius 1 is 0.963 bits per heavy atom. The van der Waals surface area contributed by atoms with Crippen LogP contribution in [-0.4, -0.2) is 43.5 Å². The van der Waals surface area contributed by atoms with Crippen LogP contribution in [0.15, 0.2) is 0 Å². The van der Waals surface area contributed by atoms with Gasteiger partial charge in [0.1, 0.15) is 0 Å². The summed E-state index contributed by atoms with van der Waals surface area (Å²) in [4.78, 5) is 24.3. The number of hydrogen-bond acceptors (Lipinski definition) is 4. The fourth-order valence-electron chi connectivity index (χ4n) is 4.60. The fraction of sp³-hybridized carbons (Fsp3) is 0.714. The second kappa shape index (κ2) is 7.95. The van der Waals surface area contributed by atoms with E-state index < -0.39 is 0 Å². The molecule has 2 aliphatic rings. The zero-order valence-corrected chi connectivity index (χ0v) is 16.7. The fourth-order valence-corrected chi connectivity index (χ4v) is 4.60. The monoisotopic (exact) mass is 369 g/mol. The molecule has 1 amide bonds. The summed E-state index contributed by atoms with van der Waals surface area (Å²) in [5, 5.41) is 4.79. The Hall–Kier alpha value is -1.98. The molecule has 6 nitrogen and oxygen atoms in total. The minimum Gasteiger partial charge on any atom is -0.342 e. The van der Waals surface area contributed by atoms with Gasteiger partial charge >= 0.3 is 0 Å². The van der Waals surface area contributed by atoms with E-state index in [9.17, 15) is 4.79 Å². The molecule has 1 aliphatic heterocycles. The Bertz CT molecular complexity index is 814. The molecular formula is C21H31N5O. The van der Waals surface area contributed by atoms with E-state index in [4.69, 9.17) is 10.1 Å². The molecule has 0 bridgehead atoms. The molecule has 2 fully saturated rings. The summed E-state index contributed by atoms with van der Waals surface area (Å²) in [6.07, 6.45) is 11.3. The lowest BCUT2D eigenvalue weighted by Crippen LogP contribution is -2.33. The van der Waals surface area contributed by atoms with E-state index in [1.807, 2.05) is 23.3 Å².